The Morgan fingerprint density at radius 2 is 1.80 bits per heavy atom. The lowest BCUT2D eigenvalue weighted by Crippen LogP contribution is -2.56. The Labute approximate surface area is 234 Å². The van der Waals surface area contributed by atoms with Crippen LogP contribution < -0.4 is 9.80 Å². The summed E-state index contributed by atoms with van der Waals surface area (Å²) >= 11 is 6.49. The molecule has 4 heterocycles. The number of hydrogen-bond acceptors (Lipinski definition) is 8. The zero-order chi connectivity index (χ0) is 28.6. The fraction of sp³-hybridized carbons (Fsp3) is 0.360. The lowest BCUT2D eigenvalue weighted by molar-refractivity contribution is 0.492. The third-order valence-electron chi connectivity index (χ3n) is 7.48. The molecular formula is C25H25ClF2N6O4S2. The van der Waals surface area contributed by atoms with Crippen LogP contribution in [0.25, 0.3) is 10.9 Å². The highest BCUT2D eigenvalue weighted by Crippen LogP contribution is 2.49. The van der Waals surface area contributed by atoms with Crippen LogP contribution in [0.4, 0.5) is 20.4 Å². The van der Waals surface area contributed by atoms with Gasteiger partial charge in [0.15, 0.2) is 17.5 Å². The number of piperazine rings is 1. The van der Waals surface area contributed by atoms with Gasteiger partial charge in [0, 0.05) is 44.3 Å². The molecule has 1 saturated carbocycles. The lowest BCUT2D eigenvalue weighted by atomic mass is 10.1. The maximum atomic E-state index is 14.5. The number of pyridine rings is 1. The van der Waals surface area contributed by atoms with Gasteiger partial charge in [-0.25, -0.2) is 22.2 Å². The highest BCUT2D eigenvalue weighted by molar-refractivity contribution is 7.91. The van der Waals surface area contributed by atoms with E-state index < -0.39 is 42.5 Å². The highest BCUT2D eigenvalue weighted by Gasteiger charge is 2.53. The van der Waals surface area contributed by atoms with Gasteiger partial charge in [-0.2, -0.15) is 12.5 Å². The first-order chi connectivity index (χ1) is 18.8. The summed E-state index contributed by atoms with van der Waals surface area (Å²) < 4.78 is 83.3. The van der Waals surface area contributed by atoms with Crippen LogP contribution in [0.15, 0.2) is 53.8 Å². The molecule has 2 aliphatic rings. The first-order valence-corrected chi connectivity index (χ1v) is 15.9. The van der Waals surface area contributed by atoms with E-state index in [0.717, 1.165) is 47.4 Å². The van der Waals surface area contributed by atoms with Crippen LogP contribution in [-0.2, 0) is 20.0 Å². The van der Waals surface area contributed by atoms with E-state index in [1.54, 1.807) is 0 Å². The topological polar surface area (TPSA) is 110 Å². The van der Waals surface area contributed by atoms with Gasteiger partial charge >= 0.3 is 0 Å². The van der Waals surface area contributed by atoms with Gasteiger partial charge in [0.05, 0.1) is 26.7 Å². The minimum absolute atomic E-state index is 0.0135. The Balaban J connectivity index is 1.45. The molecule has 0 bridgehead atoms. The highest BCUT2D eigenvalue weighted by atomic mass is 35.5. The molecular weight excluding hydrogens is 586 g/mol. The normalized spacial score (nSPS) is 17.4. The molecule has 10 nitrogen and oxygen atoms in total. The van der Waals surface area contributed by atoms with E-state index in [1.165, 1.54) is 32.2 Å². The minimum atomic E-state index is -4.46. The Bertz CT molecular complexity index is 1870. The first kappa shape index (κ1) is 27.0. The summed E-state index contributed by atoms with van der Waals surface area (Å²) in [5, 5.41) is 3.91. The Morgan fingerprint density at radius 3 is 2.48 bits per heavy atom. The third kappa shape index (κ3) is 4.15. The van der Waals surface area contributed by atoms with E-state index >= 15 is 0 Å². The fourth-order valence-corrected chi connectivity index (χ4v) is 7.78. The summed E-state index contributed by atoms with van der Waals surface area (Å²) in [5.41, 5.74) is -0.543. The van der Waals surface area contributed by atoms with Crippen LogP contribution in [0, 0.1) is 11.6 Å². The molecule has 212 valence electrons. The van der Waals surface area contributed by atoms with Gasteiger partial charge in [-0.05, 0) is 51.0 Å². The van der Waals surface area contributed by atoms with Crippen molar-refractivity contribution in [3.8, 4) is 0 Å². The number of aromatic nitrogens is 4. The summed E-state index contributed by atoms with van der Waals surface area (Å²) in [6.07, 6.45) is 5.17. The summed E-state index contributed by atoms with van der Waals surface area (Å²) in [6, 6.07) is 6.16. The zero-order valence-corrected chi connectivity index (χ0v) is 23.9. The first-order valence-electron chi connectivity index (χ1n) is 12.5. The van der Waals surface area contributed by atoms with Gasteiger partial charge in [0.25, 0.3) is 10.0 Å². The largest absolute Gasteiger partial charge is 0.350 e. The second kappa shape index (κ2) is 9.14. The number of fused-ring (bicyclic) bond motifs is 1. The lowest BCUT2D eigenvalue weighted by Gasteiger charge is -2.43. The van der Waals surface area contributed by atoms with Gasteiger partial charge in [-0.3, -0.25) is 3.97 Å². The van der Waals surface area contributed by atoms with Crippen LogP contribution in [0.5, 0.6) is 0 Å². The standard InChI is InChI=1S/C25H25ClF2N6O4S2/c1-16(2)39(35,36)32-9-5-18(14-32)40(37,38)34-21-13-17(27)12-19(26)22(21)24(30-34)33-11-10-31(15-25(33)6-7-25)23-20(28)4-3-8-29-23/h3-5,8-9,12-14,16H,6-7,10-11,15H2,1-2H3. The Hall–Kier alpha value is -3.23. The molecule has 4 aromatic rings. The van der Waals surface area contributed by atoms with E-state index in [-0.39, 0.29) is 32.5 Å². The van der Waals surface area contributed by atoms with Crippen LogP contribution in [0.3, 0.4) is 0 Å². The summed E-state index contributed by atoms with van der Waals surface area (Å²) in [4.78, 5) is 7.67. The van der Waals surface area contributed by atoms with Gasteiger partial charge in [-0.15, -0.1) is 5.10 Å². The second-order valence-electron chi connectivity index (χ2n) is 10.3. The van der Waals surface area contributed by atoms with E-state index in [4.69, 9.17) is 11.6 Å². The molecule has 1 saturated heterocycles. The summed E-state index contributed by atoms with van der Waals surface area (Å²) in [5.74, 6) is -0.682. The van der Waals surface area contributed by atoms with E-state index in [2.05, 4.69) is 10.1 Å². The number of nitrogens with zero attached hydrogens (tertiary/aromatic N) is 6. The van der Waals surface area contributed by atoms with Crippen molar-refractivity contribution in [3.63, 3.8) is 0 Å². The predicted octanol–water partition coefficient (Wildman–Crippen LogP) is 3.85. The molecule has 0 amide bonds. The maximum Gasteiger partial charge on any atom is 0.285 e. The second-order valence-corrected chi connectivity index (χ2v) is 14.9. The van der Waals surface area contributed by atoms with Crippen molar-refractivity contribution in [2.45, 2.75) is 42.4 Å². The number of rotatable bonds is 6. The van der Waals surface area contributed by atoms with Crippen molar-refractivity contribution in [1.29, 1.82) is 0 Å². The minimum Gasteiger partial charge on any atom is -0.350 e. The van der Waals surface area contributed by atoms with Gasteiger partial charge < -0.3 is 9.80 Å². The molecule has 40 heavy (non-hydrogen) atoms. The van der Waals surface area contributed by atoms with Gasteiger partial charge in [0.1, 0.15) is 10.7 Å². The molecule has 2 fully saturated rings. The molecule has 1 aliphatic heterocycles. The van der Waals surface area contributed by atoms with Crippen molar-refractivity contribution >= 4 is 54.2 Å². The van der Waals surface area contributed by atoms with Crippen LogP contribution in [0.1, 0.15) is 26.7 Å². The monoisotopic (exact) mass is 610 g/mol. The molecule has 15 heteroatoms. The fourth-order valence-electron chi connectivity index (χ4n) is 5.18. The average Bonchev–Trinajstić information content (AvgIpc) is 3.29. The van der Waals surface area contributed by atoms with Crippen LogP contribution in [0.2, 0.25) is 5.02 Å². The van der Waals surface area contributed by atoms with Gasteiger partial charge in [-0.1, -0.05) is 11.6 Å². The van der Waals surface area contributed by atoms with E-state index in [9.17, 15) is 25.6 Å². The summed E-state index contributed by atoms with van der Waals surface area (Å²) in [6.45, 7) is 4.13. The average molecular weight is 611 g/mol. The maximum absolute atomic E-state index is 14.5. The Kier molecular flexibility index (Phi) is 6.16. The van der Waals surface area contributed by atoms with Crippen LogP contribution >= 0.6 is 11.6 Å². The van der Waals surface area contributed by atoms with Crippen molar-refractivity contribution in [2.24, 2.45) is 0 Å². The number of benzene rings is 1. The molecule has 1 aromatic carbocycles. The number of halogens is 3. The SMILES string of the molecule is CC(C)S(=O)(=O)n1ccc(S(=O)(=O)n2nc(N3CCN(c4ncccc4F)CC34CC4)c3c(Cl)cc(F)cc32)c1. The Morgan fingerprint density at radius 1 is 1.05 bits per heavy atom. The third-order valence-corrected chi connectivity index (χ3v) is 11.4. The van der Waals surface area contributed by atoms with Crippen molar-refractivity contribution in [1.82, 2.24) is 18.1 Å². The molecule has 3 aromatic heterocycles. The number of anilines is 2. The van der Waals surface area contributed by atoms with Crippen molar-refractivity contribution in [2.75, 3.05) is 29.4 Å². The van der Waals surface area contributed by atoms with Crippen molar-refractivity contribution < 1.29 is 25.6 Å². The molecule has 0 atom stereocenters. The predicted molar refractivity (Wildman–Crippen MR) is 147 cm³/mol. The van der Waals surface area contributed by atoms with Crippen LogP contribution in [-0.4, -0.2) is 65.4 Å². The van der Waals surface area contributed by atoms with E-state index in [0.29, 0.717) is 23.7 Å². The molecule has 0 radical (unpaired) electrons. The summed E-state index contributed by atoms with van der Waals surface area (Å²) in [7, 11) is -8.27. The zero-order valence-electron chi connectivity index (χ0n) is 21.5. The quantitative estimate of drug-likeness (QED) is 0.324. The number of hydrogen-bond donors (Lipinski definition) is 0. The molecule has 1 spiro atoms. The van der Waals surface area contributed by atoms with Crippen molar-refractivity contribution in [3.05, 3.63) is 65.6 Å². The molecule has 1 aliphatic carbocycles. The molecule has 6 rings (SSSR count). The molecule has 0 unspecified atom stereocenters. The van der Waals surface area contributed by atoms with E-state index in [1.807, 2.05) is 9.80 Å². The van der Waals surface area contributed by atoms with Gasteiger partial charge in [0.2, 0.25) is 10.0 Å². The molecule has 0 N–H and O–H groups in total. The smallest absolute Gasteiger partial charge is 0.285 e.